The number of nitrogens with one attached hydrogen (secondary N) is 1. The van der Waals surface area contributed by atoms with Crippen LogP contribution in [0.3, 0.4) is 0 Å². The molecule has 0 fully saturated rings. The Balaban J connectivity index is 3.35. The molecule has 96 valence electrons. The molecule has 0 aliphatic carbocycles. The maximum atomic E-state index is 11.2. The molecule has 3 N–H and O–H groups in total. The lowest BCUT2D eigenvalue weighted by Gasteiger charge is -2.19. The number of carbonyl (C=O) groups is 1. The molecule has 0 bridgehead atoms. The van der Waals surface area contributed by atoms with E-state index in [9.17, 15) is 4.79 Å². The van der Waals surface area contributed by atoms with E-state index in [1.165, 1.54) is 0 Å². The summed E-state index contributed by atoms with van der Waals surface area (Å²) in [4.78, 5) is 11.2. The molecule has 0 heterocycles. The van der Waals surface area contributed by atoms with E-state index in [2.05, 4.69) is 5.32 Å². The number of alkyl carbamates (subject to hydrolysis) is 1. The van der Waals surface area contributed by atoms with Gasteiger partial charge < -0.3 is 15.8 Å². The normalized spacial score (nSPS) is 13.3. The van der Waals surface area contributed by atoms with Crippen molar-refractivity contribution in [3.8, 4) is 0 Å². The third-order valence-electron chi connectivity index (χ3n) is 2.00. The molecule has 0 aliphatic rings. The van der Waals surface area contributed by atoms with Crippen LogP contribution in [-0.2, 0) is 4.74 Å². The zero-order chi connectivity index (χ0) is 12.6. The van der Waals surface area contributed by atoms with Gasteiger partial charge in [0.2, 0.25) is 0 Å². The van der Waals surface area contributed by atoms with Crippen molar-refractivity contribution in [3.63, 3.8) is 0 Å². The largest absolute Gasteiger partial charge is 0.444 e. The Morgan fingerprint density at radius 1 is 1.31 bits per heavy atom. The molecule has 0 spiro atoms. The average Bonchev–Trinajstić information content (AvgIpc) is 2.07. The Morgan fingerprint density at radius 2 is 1.94 bits per heavy atom. The molecule has 4 nitrogen and oxygen atoms in total. The van der Waals surface area contributed by atoms with Crippen molar-refractivity contribution in [1.82, 2.24) is 5.32 Å². The first-order chi connectivity index (χ1) is 7.31. The van der Waals surface area contributed by atoms with Crippen LogP contribution in [0.4, 0.5) is 4.79 Å². The highest BCUT2D eigenvalue weighted by Gasteiger charge is 2.15. The van der Waals surface area contributed by atoms with E-state index in [0.29, 0.717) is 6.54 Å². The molecule has 1 atom stereocenters. The molecule has 0 aliphatic heterocycles. The monoisotopic (exact) mass is 230 g/mol. The summed E-state index contributed by atoms with van der Waals surface area (Å²) >= 11 is 0. The number of hydrogen-bond donors (Lipinski definition) is 2. The van der Waals surface area contributed by atoms with Gasteiger partial charge in [0.15, 0.2) is 0 Å². The number of carbonyl (C=O) groups excluding carboxylic acids is 1. The summed E-state index contributed by atoms with van der Waals surface area (Å²) in [6, 6.07) is 0.277. The van der Waals surface area contributed by atoms with E-state index >= 15 is 0 Å². The van der Waals surface area contributed by atoms with Crippen molar-refractivity contribution in [2.45, 2.75) is 65.0 Å². The number of unbranched alkanes of at least 4 members (excludes halogenated alkanes) is 2. The Kier molecular flexibility index (Phi) is 7.13. The van der Waals surface area contributed by atoms with Crippen LogP contribution in [-0.4, -0.2) is 24.3 Å². The molecule has 0 saturated heterocycles. The minimum atomic E-state index is -0.418. The highest BCUT2D eigenvalue weighted by molar-refractivity contribution is 5.67. The summed E-state index contributed by atoms with van der Waals surface area (Å²) in [5.74, 6) is 0. The average molecular weight is 230 g/mol. The maximum absolute atomic E-state index is 11.2. The molecule has 0 rings (SSSR count). The zero-order valence-electron chi connectivity index (χ0n) is 11.0. The Morgan fingerprint density at radius 3 is 2.44 bits per heavy atom. The van der Waals surface area contributed by atoms with Crippen molar-refractivity contribution in [3.05, 3.63) is 0 Å². The SMILES string of the molecule is CC(N)CCCCCNC(=O)OC(C)(C)C. The predicted molar refractivity (Wildman–Crippen MR) is 66.4 cm³/mol. The van der Waals surface area contributed by atoms with Crippen LogP contribution in [0.15, 0.2) is 0 Å². The van der Waals surface area contributed by atoms with Crippen LogP contribution in [0.2, 0.25) is 0 Å². The minimum absolute atomic E-state index is 0.277. The number of hydrogen-bond acceptors (Lipinski definition) is 3. The van der Waals surface area contributed by atoms with Crippen molar-refractivity contribution < 1.29 is 9.53 Å². The van der Waals surface area contributed by atoms with Gasteiger partial charge in [0.05, 0.1) is 0 Å². The first-order valence-corrected chi connectivity index (χ1v) is 6.03. The van der Waals surface area contributed by atoms with Crippen molar-refractivity contribution >= 4 is 6.09 Å². The topological polar surface area (TPSA) is 64.3 Å². The zero-order valence-corrected chi connectivity index (χ0v) is 11.0. The van der Waals surface area contributed by atoms with Crippen LogP contribution in [0.5, 0.6) is 0 Å². The van der Waals surface area contributed by atoms with Crippen LogP contribution < -0.4 is 11.1 Å². The van der Waals surface area contributed by atoms with Crippen molar-refractivity contribution in [1.29, 1.82) is 0 Å². The summed E-state index contributed by atoms with van der Waals surface area (Å²) < 4.78 is 5.11. The summed E-state index contributed by atoms with van der Waals surface area (Å²) in [5, 5.41) is 2.73. The molecule has 0 aromatic rings. The Hall–Kier alpha value is -0.770. The molecular formula is C12H26N2O2. The van der Waals surface area contributed by atoms with Gasteiger partial charge in [-0.15, -0.1) is 0 Å². The molecule has 1 amide bonds. The Bertz CT molecular complexity index is 198. The molecule has 0 radical (unpaired) electrons. The van der Waals surface area contributed by atoms with Gasteiger partial charge in [-0.1, -0.05) is 12.8 Å². The van der Waals surface area contributed by atoms with Gasteiger partial charge in [0.25, 0.3) is 0 Å². The molecule has 0 aromatic heterocycles. The predicted octanol–water partition coefficient (Wildman–Crippen LogP) is 2.42. The molecule has 16 heavy (non-hydrogen) atoms. The smallest absolute Gasteiger partial charge is 0.407 e. The lowest BCUT2D eigenvalue weighted by molar-refractivity contribution is 0.0527. The van der Waals surface area contributed by atoms with Crippen LogP contribution >= 0.6 is 0 Å². The summed E-state index contributed by atoms with van der Waals surface area (Å²) in [7, 11) is 0. The second-order valence-electron chi connectivity index (χ2n) is 5.26. The molecule has 1 unspecified atom stereocenters. The third-order valence-corrected chi connectivity index (χ3v) is 2.00. The van der Waals surface area contributed by atoms with Crippen LogP contribution in [0.25, 0.3) is 0 Å². The molecule has 0 saturated carbocycles. The van der Waals surface area contributed by atoms with E-state index in [4.69, 9.17) is 10.5 Å². The number of rotatable bonds is 6. The van der Waals surface area contributed by atoms with E-state index in [1.807, 2.05) is 27.7 Å². The highest BCUT2D eigenvalue weighted by atomic mass is 16.6. The van der Waals surface area contributed by atoms with E-state index in [1.54, 1.807) is 0 Å². The van der Waals surface area contributed by atoms with Crippen molar-refractivity contribution in [2.75, 3.05) is 6.54 Å². The van der Waals surface area contributed by atoms with Crippen molar-refractivity contribution in [2.24, 2.45) is 5.73 Å². The summed E-state index contributed by atoms with van der Waals surface area (Å²) in [5.41, 5.74) is 5.22. The van der Waals surface area contributed by atoms with Gasteiger partial charge in [0.1, 0.15) is 5.60 Å². The first-order valence-electron chi connectivity index (χ1n) is 6.03. The standard InChI is InChI=1S/C12H26N2O2/c1-10(13)8-6-5-7-9-14-11(15)16-12(2,3)4/h10H,5-9,13H2,1-4H3,(H,14,15). The van der Waals surface area contributed by atoms with E-state index in [0.717, 1.165) is 25.7 Å². The van der Waals surface area contributed by atoms with Gasteiger partial charge in [-0.3, -0.25) is 0 Å². The quantitative estimate of drug-likeness (QED) is 0.689. The lowest BCUT2D eigenvalue weighted by atomic mass is 10.1. The fourth-order valence-electron chi connectivity index (χ4n) is 1.27. The van der Waals surface area contributed by atoms with Crippen LogP contribution in [0, 0.1) is 0 Å². The fraction of sp³-hybridized carbons (Fsp3) is 0.917. The maximum Gasteiger partial charge on any atom is 0.407 e. The van der Waals surface area contributed by atoms with Gasteiger partial charge >= 0.3 is 6.09 Å². The molecular weight excluding hydrogens is 204 g/mol. The van der Waals surface area contributed by atoms with Gasteiger partial charge in [-0.2, -0.15) is 0 Å². The minimum Gasteiger partial charge on any atom is -0.444 e. The first kappa shape index (κ1) is 15.2. The van der Waals surface area contributed by atoms with Crippen LogP contribution in [0.1, 0.15) is 53.4 Å². The number of amides is 1. The lowest BCUT2D eigenvalue weighted by Crippen LogP contribution is -2.33. The van der Waals surface area contributed by atoms with Gasteiger partial charge in [-0.05, 0) is 40.5 Å². The number of nitrogens with two attached hydrogens (primary N) is 1. The summed E-state index contributed by atoms with van der Waals surface area (Å²) in [6.45, 7) is 8.26. The van der Waals surface area contributed by atoms with Gasteiger partial charge in [-0.25, -0.2) is 4.79 Å². The Labute approximate surface area is 98.9 Å². The second kappa shape index (κ2) is 7.49. The van der Waals surface area contributed by atoms with Gasteiger partial charge in [0, 0.05) is 12.6 Å². The van der Waals surface area contributed by atoms with E-state index in [-0.39, 0.29) is 12.1 Å². The second-order valence-corrected chi connectivity index (χ2v) is 5.26. The summed E-state index contributed by atoms with van der Waals surface area (Å²) in [6.07, 6.45) is 3.91. The fourth-order valence-corrected chi connectivity index (χ4v) is 1.27. The molecule has 0 aromatic carbocycles. The molecule has 4 heteroatoms. The number of ether oxygens (including phenoxy) is 1. The van der Waals surface area contributed by atoms with E-state index < -0.39 is 5.60 Å². The highest BCUT2D eigenvalue weighted by Crippen LogP contribution is 2.06. The third kappa shape index (κ3) is 11.3.